The highest BCUT2D eigenvalue weighted by Gasteiger charge is 2.26. The number of nitrogens with zero attached hydrogens (tertiary/aromatic N) is 1. The van der Waals surface area contributed by atoms with Crippen LogP contribution in [0.2, 0.25) is 0 Å². The number of nitrogens with one attached hydrogen (secondary N) is 2. The maximum absolute atomic E-state index is 11.9. The summed E-state index contributed by atoms with van der Waals surface area (Å²) in [5, 5.41) is 6.59. The summed E-state index contributed by atoms with van der Waals surface area (Å²) in [7, 11) is 0. The Kier molecular flexibility index (Phi) is 3.71. The Labute approximate surface area is 133 Å². The highest BCUT2D eigenvalue weighted by Crippen LogP contribution is 2.33. The second-order valence-electron chi connectivity index (χ2n) is 6.59. The normalized spacial score (nSPS) is 16.9. The SMILES string of the molecule is CC(C)(C)OC(=O)N[C@H]1CCc2cc(-c3noc(=O)[nH]3)ccc21. The van der Waals surface area contributed by atoms with Gasteiger partial charge in [-0.3, -0.25) is 9.51 Å². The van der Waals surface area contributed by atoms with Crippen LogP contribution >= 0.6 is 0 Å². The van der Waals surface area contributed by atoms with Crippen LogP contribution < -0.4 is 11.1 Å². The topological polar surface area (TPSA) is 97.2 Å². The molecular weight excluding hydrogens is 298 g/mol. The van der Waals surface area contributed by atoms with Gasteiger partial charge < -0.3 is 10.1 Å². The number of H-pyrrole nitrogens is 1. The van der Waals surface area contributed by atoms with Gasteiger partial charge in [0.15, 0.2) is 5.82 Å². The zero-order chi connectivity index (χ0) is 16.6. The average Bonchev–Trinajstić information content (AvgIpc) is 3.03. The van der Waals surface area contributed by atoms with Gasteiger partial charge in [0.25, 0.3) is 0 Å². The maximum Gasteiger partial charge on any atom is 0.439 e. The fourth-order valence-corrected chi connectivity index (χ4v) is 2.72. The van der Waals surface area contributed by atoms with E-state index in [1.54, 1.807) is 0 Å². The second kappa shape index (κ2) is 5.57. The van der Waals surface area contributed by atoms with Crippen LogP contribution in [0.25, 0.3) is 11.4 Å². The van der Waals surface area contributed by atoms with Gasteiger partial charge in [0, 0.05) is 5.56 Å². The van der Waals surface area contributed by atoms with Gasteiger partial charge in [0.2, 0.25) is 0 Å². The van der Waals surface area contributed by atoms with E-state index in [1.807, 2.05) is 39.0 Å². The third kappa shape index (κ3) is 3.44. The molecule has 0 radical (unpaired) electrons. The summed E-state index contributed by atoms with van der Waals surface area (Å²) in [4.78, 5) is 25.5. The number of aromatic amines is 1. The zero-order valence-electron chi connectivity index (χ0n) is 13.3. The van der Waals surface area contributed by atoms with Gasteiger partial charge in [-0.1, -0.05) is 17.3 Å². The molecule has 1 aromatic heterocycles. The maximum atomic E-state index is 11.9. The first kappa shape index (κ1) is 15.3. The van der Waals surface area contributed by atoms with Crippen molar-refractivity contribution in [2.75, 3.05) is 0 Å². The van der Waals surface area contributed by atoms with Crippen molar-refractivity contribution < 1.29 is 14.1 Å². The Morgan fingerprint density at radius 1 is 1.43 bits per heavy atom. The highest BCUT2D eigenvalue weighted by molar-refractivity contribution is 5.69. The number of carbonyl (C=O) groups excluding carboxylic acids is 1. The summed E-state index contributed by atoms with van der Waals surface area (Å²) in [5.74, 6) is -0.175. The monoisotopic (exact) mass is 317 g/mol. The Balaban J connectivity index is 1.76. The summed E-state index contributed by atoms with van der Waals surface area (Å²) >= 11 is 0. The lowest BCUT2D eigenvalue weighted by molar-refractivity contribution is 0.0503. The van der Waals surface area contributed by atoms with Crippen molar-refractivity contribution in [3.05, 3.63) is 39.9 Å². The first-order chi connectivity index (χ1) is 10.8. The van der Waals surface area contributed by atoms with Crippen molar-refractivity contribution in [1.29, 1.82) is 0 Å². The minimum Gasteiger partial charge on any atom is -0.444 e. The number of aromatic nitrogens is 2. The molecule has 0 aliphatic heterocycles. The Morgan fingerprint density at radius 3 is 2.87 bits per heavy atom. The van der Waals surface area contributed by atoms with Gasteiger partial charge in [-0.15, -0.1) is 0 Å². The van der Waals surface area contributed by atoms with Gasteiger partial charge in [0.05, 0.1) is 6.04 Å². The molecule has 2 aromatic rings. The van der Waals surface area contributed by atoms with Crippen LogP contribution in [0.1, 0.15) is 44.4 Å². The fourth-order valence-electron chi connectivity index (χ4n) is 2.72. The number of rotatable bonds is 2. The molecule has 1 aliphatic rings. The molecule has 1 amide bonds. The van der Waals surface area contributed by atoms with Crippen LogP contribution in [0.5, 0.6) is 0 Å². The number of aryl methyl sites for hydroxylation is 1. The highest BCUT2D eigenvalue weighted by atomic mass is 16.6. The molecule has 1 aliphatic carbocycles. The van der Waals surface area contributed by atoms with E-state index < -0.39 is 17.5 Å². The van der Waals surface area contributed by atoms with E-state index in [0.717, 1.165) is 29.5 Å². The van der Waals surface area contributed by atoms with Crippen molar-refractivity contribution >= 4 is 6.09 Å². The van der Waals surface area contributed by atoms with Crippen LogP contribution in [0, 0.1) is 0 Å². The molecule has 7 nitrogen and oxygen atoms in total. The molecule has 1 heterocycles. The average molecular weight is 317 g/mol. The molecule has 0 saturated carbocycles. The first-order valence-corrected chi connectivity index (χ1v) is 7.50. The van der Waals surface area contributed by atoms with Crippen LogP contribution in [-0.2, 0) is 11.2 Å². The largest absolute Gasteiger partial charge is 0.444 e. The summed E-state index contributed by atoms with van der Waals surface area (Å²) < 4.78 is 9.82. The molecule has 0 saturated heterocycles. The van der Waals surface area contributed by atoms with Crippen molar-refractivity contribution in [3.63, 3.8) is 0 Å². The molecule has 2 N–H and O–H groups in total. The van der Waals surface area contributed by atoms with E-state index in [4.69, 9.17) is 4.74 Å². The van der Waals surface area contributed by atoms with Gasteiger partial charge in [0.1, 0.15) is 5.60 Å². The van der Waals surface area contributed by atoms with Gasteiger partial charge >= 0.3 is 11.8 Å². The number of amides is 1. The lowest BCUT2D eigenvalue weighted by Crippen LogP contribution is -2.34. The predicted molar refractivity (Wildman–Crippen MR) is 83.0 cm³/mol. The lowest BCUT2D eigenvalue weighted by atomic mass is 10.0. The van der Waals surface area contributed by atoms with E-state index in [0.29, 0.717) is 5.82 Å². The minimum atomic E-state index is -0.579. The quantitative estimate of drug-likeness (QED) is 0.887. The minimum absolute atomic E-state index is 0.0646. The molecule has 0 spiro atoms. The molecule has 0 bridgehead atoms. The van der Waals surface area contributed by atoms with Gasteiger partial charge in [-0.05, 0) is 50.8 Å². The fraction of sp³-hybridized carbons (Fsp3) is 0.438. The van der Waals surface area contributed by atoms with Crippen molar-refractivity contribution in [2.45, 2.75) is 45.3 Å². The summed E-state index contributed by atoms with van der Waals surface area (Å²) in [5.41, 5.74) is 2.44. The zero-order valence-corrected chi connectivity index (χ0v) is 13.3. The lowest BCUT2D eigenvalue weighted by Gasteiger charge is -2.22. The number of hydrogen-bond donors (Lipinski definition) is 2. The first-order valence-electron chi connectivity index (χ1n) is 7.50. The van der Waals surface area contributed by atoms with E-state index in [9.17, 15) is 9.59 Å². The number of hydrogen-bond acceptors (Lipinski definition) is 5. The Morgan fingerprint density at radius 2 is 2.22 bits per heavy atom. The summed E-state index contributed by atoms with van der Waals surface area (Å²) in [6.07, 6.45) is 1.24. The third-order valence-corrected chi connectivity index (χ3v) is 3.63. The van der Waals surface area contributed by atoms with Crippen LogP contribution in [0.4, 0.5) is 4.79 Å². The number of benzene rings is 1. The summed E-state index contributed by atoms with van der Waals surface area (Å²) in [6, 6.07) is 5.68. The van der Waals surface area contributed by atoms with E-state index >= 15 is 0 Å². The molecule has 7 heteroatoms. The van der Waals surface area contributed by atoms with Crippen LogP contribution in [-0.4, -0.2) is 21.8 Å². The molecule has 0 fully saturated rings. The molecular formula is C16H19N3O4. The number of ether oxygens (including phenoxy) is 1. The van der Waals surface area contributed by atoms with Crippen molar-refractivity contribution in [1.82, 2.24) is 15.5 Å². The standard InChI is InChI=1S/C16H19N3O4/c1-16(2,3)22-14(20)17-12-7-5-9-8-10(4-6-11(9)12)13-18-15(21)23-19-13/h4,6,8,12H,5,7H2,1-3H3,(H,17,20)(H,18,19,21)/t12-/m0/s1. The number of carbonyl (C=O) groups is 1. The van der Waals surface area contributed by atoms with Crippen LogP contribution in [0.3, 0.4) is 0 Å². The molecule has 0 unspecified atom stereocenters. The smallest absolute Gasteiger partial charge is 0.439 e. The van der Waals surface area contributed by atoms with E-state index in [-0.39, 0.29) is 6.04 Å². The Bertz CT molecular complexity index is 785. The van der Waals surface area contributed by atoms with Crippen molar-refractivity contribution in [2.24, 2.45) is 0 Å². The van der Waals surface area contributed by atoms with Gasteiger partial charge in [-0.2, -0.15) is 0 Å². The van der Waals surface area contributed by atoms with E-state index in [1.165, 1.54) is 0 Å². The number of alkyl carbamates (subject to hydrolysis) is 1. The van der Waals surface area contributed by atoms with E-state index in [2.05, 4.69) is 20.0 Å². The molecule has 122 valence electrons. The third-order valence-electron chi connectivity index (χ3n) is 3.63. The summed E-state index contributed by atoms with van der Waals surface area (Å²) in [6.45, 7) is 5.50. The predicted octanol–water partition coefficient (Wildman–Crippen LogP) is 2.54. The Hall–Kier alpha value is -2.57. The van der Waals surface area contributed by atoms with Crippen LogP contribution in [0.15, 0.2) is 27.5 Å². The molecule has 3 rings (SSSR count). The van der Waals surface area contributed by atoms with Crippen molar-refractivity contribution in [3.8, 4) is 11.4 Å². The second-order valence-corrected chi connectivity index (χ2v) is 6.59. The molecule has 23 heavy (non-hydrogen) atoms. The molecule has 1 aromatic carbocycles. The number of fused-ring (bicyclic) bond motifs is 1. The molecule has 1 atom stereocenters. The van der Waals surface area contributed by atoms with Gasteiger partial charge in [-0.25, -0.2) is 9.59 Å².